The van der Waals surface area contributed by atoms with Gasteiger partial charge < -0.3 is 14.4 Å². The third-order valence-electron chi connectivity index (χ3n) is 10.1. The van der Waals surface area contributed by atoms with Gasteiger partial charge in [-0.15, -0.1) is 11.3 Å². The van der Waals surface area contributed by atoms with E-state index in [9.17, 15) is 0 Å². The van der Waals surface area contributed by atoms with E-state index in [4.69, 9.17) is 0 Å². The second-order valence-corrected chi connectivity index (χ2v) is 14.8. The SMILES string of the molecule is C=Cc1sc2cc3c(cc2c1C=C)c1ccccc1n3-c1cc(N(c2ccccc2)c2cccc(C)c2)cc(N(c2ccccc2)c2cccc(C)c2)c1.CC. The molecule has 56 heavy (non-hydrogen) atoms. The van der Waals surface area contributed by atoms with Gasteiger partial charge in [-0.05, 0) is 115 Å². The van der Waals surface area contributed by atoms with Crippen molar-refractivity contribution < 1.29 is 0 Å². The Morgan fingerprint density at radius 3 is 1.54 bits per heavy atom. The van der Waals surface area contributed by atoms with E-state index in [0.717, 1.165) is 61.3 Å². The molecule has 9 aromatic rings. The Morgan fingerprint density at radius 2 is 1.00 bits per heavy atom. The van der Waals surface area contributed by atoms with Crippen LogP contribution in [0, 0.1) is 13.8 Å². The van der Waals surface area contributed by atoms with E-state index in [1.807, 2.05) is 26.0 Å². The smallest absolute Gasteiger partial charge is 0.0555 e. The van der Waals surface area contributed by atoms with Crippen LogP contribution in [0.3, 0.4) is 0 Å². The highest BCUT2D eigenvalue weighted by molar-refractivity contribution is 7.20. The zero-order valence-corrected chi connectivity index (χ0v) is 33.2. The molecule has 0 bridgehead atoms. The van der Waals surface area contributed by atoms with Crippen LogP contribution in [-0.2, 0) is 0 Å². The molecule has 0 saturated heterocycles. The van der Waals surface area contributed by atoms with Gasteiger partial charge in [0.05, 0.1) is 28.1 Å². The molecule has 0 spiro atoms. The molecule has 0 N–H and O–H groups in total. The van der Waals surface area contributed by atoms with Crippen molar-refractivity contribution in [2.75, 3.05) is 9.80 Å². The van der Waals surface area contributed by atoms with Crippen LogP contribution in [0.1, 0.15) is 35.4 Å². The van der Waals surface area contributed by atoms with Crippen molar-refractivity contribution in [2.24, 2.45) is 0 Å². The van der Waals surface area contributed by atoms with Gasteiger partial charge in [0.25, 0.3) is 0 Å². The van der Waals surface area contributed by atoms with E-state index in [0.29, 0.717) is 0 Å². The van der Waals surface area contributed by atoms with Crippen LogP contribution in [0.25, 0.3) is 49.7 Å². The molecule has 3 nitrogen and oxygen atoms in total. The van der Waals surface area contributed by atoms with Crippen molar-refractivity contribution in [3.63, 3.8) is 0 Å². The second-order valence-electron chi connectivity index (χ2n) is 13.7. The molecule has 0 unspecified atom stereocenters. The van der Waals surface area contributed by atoms with Crippen LogP contribution >= 0.6 is 11.3 Å². The van der Waals surface area contributed by atoms with Crippen molar-refractivity contribution in [2.45, 2.75) is 27.7 Å². The van der Waals surface area contributed by atoms with Crippen LogP contribution in [0.5, 0.6) is 0 Å². The summed E-state index contributed by atoms with van der Waals surface area (Å²) in [4.78, 5) is 5.88. The fourth-order valence-electron chi connectivity index (χ4n) is 7.79. The number of aromatic nitrogens is 1. The third kappa shape index (κ3) is 6.59. The van der Waals surface area contributed by atoms with Crippen molar-refractivity contribution in [1.82, 2.24) is 4.57 Å². The highest BCUT2D eigenvalue weighted by atomic mass is 32.1. The topological polar surface area (TPSA) is 11.4 Å². The number of hydrogen-bond acceptors (Lipinski definition) is 3. The summed E-state index contributed by atoms with van der Waals surface area (Å²) in [6.07, 6.45) is 3.91. The van der Waals surface area contributed by atoms with Crippen LogP contribution in [-0.4, -0.2) is 4.57 Å². The molecule has 0 fully saturated rings. The van der Waals surface area contributed by atoms with E-state index in [-0.39, 0.29) is 0 Å². The van der Waals surface area contributed by atoms with Crippen LogP contribution in [0.4, 0.5) is 34.1 Å². The molecule has 2 heterocycles. The van der Waals surface area contributed by atoms with E-state index in [1.54, 1.807) is 11.3 Å². The number of para-hydroxylation sites is 3. The van der Waals surface area contributed by atoms with Crippen molar-refractivity contribution >= 4 is 89.5 Å². The first-order valence-electron chi connectivity index (χ1n) is 19.2. The number of benzene rings is 7. The molecule has 0 amide bonds. The lowest BCUT2D eigenvalue weighted by molar-refractivity contribution is 1.16. The zero-order chi connectivity index (χ0) is 38.8. The van der Waals surface area contributed by atoms with Gasteiger partial charge in [-0.3, -0.25) is 0 Å². The highest BCUT2D eigenvalue weighted by Crippen LogP contribution is 2.45. The maximum absolute atomic E-state index is 4.16. The molecule has 7 aromatic carbocycles. The van der Waals surface area contributed by atoms with Gasteiger partial charge in [-0.25, -0.2) is 0 Å². The van der Waals surface area contributed by atoms with Gasteiger partial charge in [-0.1, -0.05) is 118 Å². The van der Waals surface area contributed by atoms with Gasteiger partial charge in [0.2, 0.25) is 0 Å². The minimum absolute atomic E-state index is 1.05. The summed E-state index contributed by atoms with van der Waals surface area (Å²) in [5.74, 6) is 0. The van der Waals surface area contributed by atoms with Gasteiger partial charge in [0, 0.05) is 48.5 Å². The van der Waals surface area contributed by atoms with E-state index < -0.39 is 0 Å². The first kappa shape index (κ1) is 36.4. The second kappa shape index (κ2) is 15.6. The number of hydrogen-bond donors (Lipinski definition) is 0. The first-order valence-corrected chi connectivity index (χ1v) is 20.1. The standard InChI is InChI=1S/C50H39N3S.C2H6/c1-5-43-46-32-45-44-25-13-14-26-47(44)53(48(45)33-50(46)54-49(43)6-2)42-30-40(51(36-19-9-7-10-20-36)38-23-15-17-34(3)27-38)29-41(31-42)52(37-21-11-8-12-22-37)39-24-16-18-35(4)28-39;1-2/h5-33H,1-2H2,3-4H3;1-2H3. The van der Waals surface area contributed by atoms with E-state index in [1.165, 1.54) is 32.0 Å². The highest BCUT2D eigenvalue weighted by Gasteiger charge is 2.22. The molecule has 2 aromatic heterocycles. The average molecular weight is 744 g/mol. The monoisotopic (exact) mass is 743 g/mol. The number of thiophene rings is 1. The zero-order valence-electron chi connectivity index (χ0n) is 32.4. The third-order valence-corrected chi connectivity index (χ3v) is 11.3. The number of rotatable bonds is 9. The summed E-state index contributed by atoms with van der Waals surface area (Å²) in [5, 5.41) is 3.62. The molecule has 0 aliphatic carbocycles. The van der Waals surface area contributed by atoms with E-state index in [2.05, 4.69) is 205 Å². The molecule has 4 heteroatoms. The Bertz CT molecular complexity index is 2740. The molecule has 0 aliphatic heterocycles. The van der Waals surface area contributed by atoms with Crippen LogP contribution in [0.15, 0.2) is 177 Å². The number of aryl methyl sites for hydroxylation is 2. The van der Waals surface area contributed by atoms with Crippen molar-refractivity contribution in [3.8, 4) is 5.69 Å². The molecule has 0 atom stereocenters. The quantitative estimate of drug-likeness (QED) is 0.146. The molecule has 0 aliphatic rings. The van der Waals surface area contributed by atoms with Gasteiger partial charge in [-0.2, -0.15) is 0 Å². The molecule has 0 radical (unpaired) electrons. The van der Waals surface area contributed by atoms with Gasteiger partial charge >= 0.3 is 0 Å². The minimum atomic E-state index is 1.05. The predicted octanol–water partition coefficient (Wildman–Crippen LogP) is 15.9. The Labute approximate surface area is 334 Å². The summed E-state index contributed by atoms with van der Waals surface area (Å²) in [7, 11) is 0. The fraction of sp³-hybridized carbons (Fsp3) is 0.0769. The first-order chi connectivity index (χ1) is 27.5. The maximum Gasteiger partial charge on any atom is 0.0555 e. The minimum Gasteiger partial charge on any atom is -0.310 e. The van der Waals surface area contributed by atoms with Crippen molar-refractivity contribution in [3.05, 3.63) is 199 Å². The van der Waals surface area contributed by atoms with E-state index >= 15 is 0 Å². The molecular weight excluding hydrogens is 699 g/mol. The molecule has 0 saturated carbocycles. The predicted molar refractivity (Wildman–Crippen MR) is 247 cm³/mol. The van der Waals surface area contributed by atoms with Gasteiger partial charge in [0.15, 0.2) is 0 Å². The Hall–Kier alpha value is -6.62. The summed E-state index contributed by atoms with van der Waals surface area (Å²) in [6.45, 7) is 16.6. The molecule has 274 valence electrons. The van der Waals surface area contributed by atoms with Crippen LogP contribution in [0.2, 0.25) is 0 Å². The number of anilines is 6. The Kier molecular flexibility index (Phi) is 10.1. The molecular formula is C52H45N3S. The number of fused-ring (bicyclic) bond motifs is 4. The summed E-state index contributed by atoms with van der Waals surface area (Å²) >= 11 is 1.77. The lowest BCUT2D eigenvalue weighted by atomic mass is 10.1. The largest absolute Gasteiger partial charge is 0.310 e. The Balaban J connectivity index is 0.00000217. The van der Waals surface area contributed by atoms with Crippen LogP contribution < -0.4 is 9.80 Å². The lowest BCUT2D eigenvalue weighted by Crippen LogP contribution is -2.14. The average Bonchev–Trinajstić information content (AvgIpc) is 3.76. The summed E-state index contributed by atoms with van der Waals surface area (Å²) in [5.41, 5.74) is 13.4. The Morgan fingerprint density at radius 1 is 0.464 bits per heavy atom. The normalized spacial score (nSPS) is 11.0. The van der Waals surface area contributed by atoms with Gasteiger partial charge in [0.1, 0.15) is 0 Å². The summed E-state index contributed by atoms with van der Waals surface area (Å²) in [6, 6.07) is 59.3. The molecule has 9 rings (SSSR count). The fourth-order valence-corrected chi connectivity index (χ4v) is 8.86. The lowest BCUT2D eigenvalue weighted by Gasteiger charge is -2.30. The number of nitrogens with zero attached hydrogens (tertiary/aromatic N) is 3. The summed E-state index contributed by atoms with van der Waals surface area (Å²) < 4.78 is 3.65. The van der Waals surface area contributed by atoms with Crippen molar-refractivity contribution in [1.29, 1.82) is 0 Å². The maximum atomic E-state index is 4.16.